The van der Waals surface area contributed by atoms with Crippen LogP contribution in [-0.2, 0) is 56.5 Å². The van der Waals surface area contributed by atoms with Gasteiger partial charge in [-0.15, -0.1) is 0 Å². The maximum Gasteiger partial charge on any atom is 0.261 e. The van der Waals surface area contributed by atoms with Gasteiger partial charge in [0.25, 0.3) is 8.32 Å². The molecule has 0 bridgehead atoms. The first-order valence-electron chi connectivity index (χ1n) is 21.5. The fourth-order valence-corrected chi connectivity index (χ4v) is 10.6. The Morgan fingerprint density at radius 1 is 0.344 bits per heavy atom. The number of rotatable bonds is 40. The normalized spacial score (nSPS) is 12.0. The SMILES string of the molecule is CC(C)(C)[Si](OCCOCCOCCOCCOCCOCCOCCOCCOCCOCCOCCOCCOc1ccc(N)cc1)(c1ccccc1)c1ccccc1. The largest absolute Gasteiger partial charge is 0.491 e. The lowest BCUT2D eigenvalue weighted by molar-refractivity contribution is -0.0279. The van der Waals surface area contributed by atoms with Crippen LogP contribution in [0.25, 0.3) is 0 Å². The lowest BCUT2D eigenvalue weighted by Crippen LogP contribution is -2.66. The first-order chi connectivity index (χ1) is 29.9. The van der Waals surface area contributed by atoms with E-state index in [1.54, 1.807) is 12.1 Å². The molecule has 0 fully saturated rings. The van der Waals surface area contributed by atoms with Gasteiger partial charge >= 0.3 is 0 Å². The molecule has 2 N–H and O–H groups in total. The molecule has 15 heteroatoms. The summed E-state index contributed by atoms with van der Waals surface area (Å²) >= 11 is 0. The Balaban J connectivity index is 0.973. The average Bonchev–Trinajstić information content (AvgIpc) is 3.27. The molecule has 0 aliphatic heterocycles. The smallest absolute Gasteiger partial charge is 0.261 e. The van der Waals surface area contributed by atoms with Gasteiger partial charge in [-0.2, -0.15) is 0 Å². The molecule has 0 aliphatic carbocycles. The average molecular weight is 876 g/mol. The number of benzene rings is 3. The highest BCUT2D eigenvalue weighted by Crippen LogP contribution is 2.36. The minimum Gasteiger partial charge on any atom is -0.491 e. The molecule has 0 radical (unpaired) electrons. The van der Waals surface area contributed by atoms with Crippen LogP contribution >= 0.6 is 0 Å². The summed E-state index contributed by atoms with van der Waals surface area (Å²) in [6.45, 7) is 18.8. The molecule has 0 amide bonds. The van der Waals surface area contributed by atoms with Gasteiger partial charge in [-0.05, 0) is 39.7 Å². The van der Waals surface area contributed by atoms with Crippen LogP contribution in [0.5, 0.6) is 5.75 Å². The monoisotopic (exact) mass is 875 g/mol. The van der Waals surface area contributed by atoms with Gasteiger partial charge in [-0.1, -0.05) is 81.4 Å². The van der Waals surface area contributed by atoms with Crippen molar-refractivity contribution in [3.8, 4) is 5.75 Å². The molecule has 0 spiro atoms. The van der Waals surface area contributed by atoms with E-state index in [0.29, 0.717) is 164 Å². The number of hydrogen-bond donors (Lipinski definition) is 1. The van der Waals surface area contributed by atoms with Crippen LogP contribution in [0.1, 0.15) is 20.8 Å². The molecule has 0 atom stereocenters. The van der Waals surface area contributed by atoms with Gasteiger partial charge in [0.2, 0.25) is 0 Å². The first-order valence-corrected chi connectivity index (χ1v) is 23.4. The van der Waals surface area contributed by atoms with Gasteiger partial charge in [-0.25, -0.2) is 0 Å². The van der Waals surface area contributed by atoms with Crippen molar-refractivity contribution in [1.29, 1.82) is 0 Å². The van der Waals surface area contributed by atoms with E-state index >= 15 is 0 Å². The van der Waals surface area contributed by atoms with Crippen molar-refractivity contribution >= 4 is 24.4 Å². The summed E-state index contributed by atoms with van der Waals surface area (Å²) in [6.07, 6.45) is 0. The Morgan fingerprint density at radius 2 is 0.607 bits per heavy atom. The highest BCUT2D eigenvalue weighted by Gasteiger charge is 2.50. The zero-order valence-corrected chi connectivity index (χ0v) is 37.9. The Morgan fingerprint density at radius 3 is 0.885 bits per heavy atom. The van der Waals surface area contributed by atoms with Crippen LogP contribution < -0.4 is 20.8 Å². The molecule has 0 aromatic heterocycles. The van der Waals surface area contributed by atoms with Crippen molar-refractivity contribution in [1.82, 2.24) is 0 Å². The van der Waals surface area contributed by atoms with Crippen LogP contribution in [0, 0.1) is 0 Å². The summed E-state index contributed by atoms with van der Waals surface area (Å²) in [7, 11) is -2.55. The maximum atomic E-state index is 6.85. The van der Waals surface area contributed by atoms with Crippen molar-refractivity contribution in [3.05, 3.63) is 84.9 Å². The van der Waals surface area contributed by atoms with Gasteiger partial charge < -0.3 is 67.0 Å². The predicted octanol–water partition coefficient (Wildman–Crippen LogP) is 4.41. The molecule has 0 saturated heterocycles. The van der Waals surface area contributed by atoms with Crippen LogP contribution in [0.4, 0.5) is 5.69 Å². The summed E-state index contributed by atoms with van der Waals surface area (Å²) in [6, 6.07) is 28.5. The molecule has 0 unspecified atom stereocenters. The second-order valence-electron chi connectivity index (χ2n) is 14.7. The third-order valence-corrected chi connectivity index (χ3v) is 14.1. The van der Waals surface area contributed by atoms with E-state index in [-0.39, 0.29) is 5.04 Å². The number of hydrogen-bond acceptors (Lipinski definition) is 14. The molecule has 61 heavy (non-hydrogen) atoms. The highest BCUT2D eigenvalue weighted by molar-refractivity contribution is 6.99. The van der Waals surface area contributed by atoms with Crippen LogP contribution in [0.3, 0.4) is 0 Å². The van der Waals surface area contributed by atoms with Gasteiger partial charge in [0.1, 0.15) is 12.4 Å². The van der Waals surface area contributed by atoms with Gasteiger partial charge in [0.15, 0.2) is 0 Å². The Hall–Kier alpha value is -3.00. The highest BCUT2D eigenvalue weighted by atomic mass is 28.4. The van der Waals surface area contributed by atoms with E-state index in [0.717, 1.165) is 5.75 Å². The molecule has 14 nitrogen and oxygen atoms in total. The minimum absolute atomic E-state index is 0.0605. The third-order valence-electron chi connectivity index (χ3n) is 9.06. The lowest BCUT2D eigenvalue weighted by atomic mass is 10.2. The summed E-state index contributed by atoms with van der Waals surface area (Å²) < 4.78 is 73.7. The molecular formula is C46H73NO13Si. The van der Waals surface area contributed by atoms with Crippen molar-refractivity contribution in [3.63, 3.8) is 0 Å². The van der Waals surface area contributed by atoms with Crippen molar-refractivity contribution in [2.45, 2.75) is 25.8 Å². The number of nitrogens with two attached hydrogens (primary N) is 1. The van der Waals surface area contributed by atoms with Gasteiger partial charge in [0.05, 0.1) is 152 Å². The molecular weight excluding hydrogens is 803 g/mol. The summed E-state index contributed by atoms with van der Waals surface area (Å²) in [5.74, 6) is 0.770. The topological polar surface area (TPSA) is 146 Å². The fourth-order valence-electron chi connectivity index (χ4n) is 6.10. The minimum atomic E-state index is -2.55. The molecule has 3 aromatic carbocycles. The van der Waals surface area contributed by atoms with E-state index in [9.17, 15) is 0 Å². The van der Waals surface area contributed by atoms with Crippen molar-refractivity contribution in [2.24, 2.45) is 0 Å². The van der Waals surface area contributed by atoms with E-state index < -0.39 is 8.32 Å². The molecule has 3 rings (SSSR count). The van der Waals surface area contributed by atoms with E-state index in [1.165, 1.54) is 10.4 Å². The number of nitrogen functional groups attached to an aromatic ring is 1. The van der Waals surface area contributed by atoms with Crippen LogP contribution in [-0.4, -0.2) is 167 Å². The van der Waals surface area contributed by atoms with Crippen LogP contribution in [0.15, 0.2) is 84.9 Å². The van der Waals surface area contributed by atoms with E-state index in [1.807, 2.05) is 12.1 Å². The fraction of sp³-hybridized carbons (Fsp3) is 0.609. The molecule has 344 valence electrons. The van der Waals surface area contributed by atoms with Gasteiger partial charge in [-0.3, -0.25) is 0 Å². The summed E-state index contributed by atoms with van der Waals surface area (Å²) in [4.78, 5) is 0. The second kappa shape index (κ2) is 34.5. The number of anilines is 1. The van der Waals surface area contributed by atoms with Crippen molar-refractivity contribution in [2.75, 3.05) is 164 Å². The quantitative estimate of drug-likeness (QED) is 0.0489. The molecule has 0 heterocycles. The zero-order valence-electron chi connectivity index (χ0n) is 36.9. The number of ether oxygens (including phenoxy) is 12. The molecule has 3 aromatic rings. The Kier molecular flexibility index (Phi) is 29.6. The first kappa shape index (κ1) is 52.3. The van der Waals surface area contributed by atoms with Crippen molar-refractivity contribution < 1.29 is 61.3 Å². The summed E-state index contributed by atoms with van der Waals surface area (Å²) in [5.41, 5.74) is 6.36. The molecule has 0 saturated carbocycles. The standard InChI is InChI=1S/C46H73NO13Si/c1-46(2,3)61(44-10-6-4-7-11-44,45-12-8-5-9-13-45)60-41-39-58-37-35-56-33-31-54-29-27-52-25-23-50-21-19-48-18-20-49-22-24-51-26-28-53-30-32-55-34-36-57-38-40-59-43-16-14-42(47)15-17-43/h4-17H,18-41,47H2,1-3H3. The van der Waals surface area contributed by atoms with E-state index in [2.05, 4.69) is 81.4 Å². The Bertz CT molecular complexity index is 1380. The zero-order chi connectivity index (χ0) is 43.4. The van der Waals surface area contributed by atoms with Crippen LogP contribution in [0.2, 0.25) is 5.04 Å². The summed E-state index contributed by atoms with van der Waals surface area (Å²) in [5, 5.41) is 2.47. The molecule has 0 aliphatic rings. The second-order valence-corrected chi connectivity index (χ2v) is 19.0. The predicted molar refractivity (Wildman–Crippen MR) is 239 cm³/mol. The third kappa shape index (κ3) is 23.9. The Labute approximate surface area is 365 Å². The van der Waals surface area contributed by atoms with Gasteiger partial charge in [0, 0.05) is 5.69 Å². The maximum absolute atomic E-state index is 6.85. The van der Waals surface area contributed by atoms with E-state index in [4.69, 9.17) is 67.0 Å². The lowest BCUT2D eigenvalue weighted by Gasteiger charge is -2.43.